The zero-order valence-corrected chi connectivity index (χ0v) is 13.0. The van der Waals surface area contributed by atoms with E-state index in [0.717, 1.165) is 22.7 Å². The summed E-state index contributed by atoms with van der Waals surface area (Å²) >= 11 is 1.07. The number of hydrogen-bond donors (Lipinski definition) is 2. The first-order valence-electron chi connectivity index (χ1n) is 6.51. The summed E-state index contributed by atoms with van der Waals surface area (Å²) in [7, 11) is 0. The fraction of sp³-hybridized carbons (Fsp3) is 0.357. The van der Waals surface area contributed by atoms with Gasteiger partial charge >= 0.3 is 5.97 Å². The first-order valence-corrected chi connectivity index (χ1v) is 7.33. The predicted octanol–water partition coefficient (Wildman–Crippen LogP) is 2.60. The molecule has 7 heteroatoms. The van der Waals surface area contributed by atoms with Gasteiger partial charge in [0.15, 0.2) is 0 Å². The number of nitrogens with zero attached hydrogens (tertiary/aromatic N) is 2. The number of carboxylic acids is 1. The van der Waals surface area contributed by atoms with E-state index < -0.39 is 5.97 Å². The number of aryl methyl sites for hydroxylation is 4. The molecule has 21 heavy (non-hydrogen) atoms. The molecule has 0 aliphatic carbocycles. The van der Waals surface area contributed by atoms with Gasteiger partial charge in [-0.05, 0) is 38.5 Å². The number of aromatic carboxylic acids is 1. The Hall–Kier alpha value is -2.15. The Bertz CT molecular complexity index is 688. The lowest BCUT2D eigenvalue weighted by Gasteiger charge is -2.04. The summed E-state index contributed by atoms with van der Waals surface area (Å²) < 4.78 is 1.79. The highest BCUT2D eigenvalue weighted by molar-refractivity contribution is 7.18. The number of aromatic nitrogens is 2. The van der Waals surface area contributed by atoms with Crippen LogP contribution >= 0.6 is 11.3 Å². The number of carboxylic acid groups (broad SMARTS) is 1. The molecular formula is C14H17N3O3S. The van der Waals surface area contributed by atoms with Gasteiger partial charge in [-0.3, -0.25) is 9.48 Å². The Morgan fingerprint density at radius 1 is 1.33 bits per heavy atom. The van der Waals surface area contributed by atoms with Crippen LogP contribution in [0.3, 0.4) is 0 Å². The maximum absolute atomic E-state index is 11.9. The van der Waals surface area contributed by atoms with Gasteiger partial charge in [0.1, 0.15) is 4.88 Å². The molecular weight excluding hydrogens is 290 g/mol. The normalized spacial score (nSPS) is 10.6. The van der Waals surface area contributed by atoms with E-state index in [1.807, 2.05) is 19.9 Å². The molecule has 0 aromatic carbocycles. The zero-order valence-electron chi connectivity index (χ0n) is 12.1. The summed E-state index contributed by atoms with van der Waals surface area (Å²) in [6, 6.07) is 3.63. The monoisotopic (exact) mass is 307 g/mol. The first kappa shape index (κ1) is 15.2. The van der Waals surface area contributed by atoms with Crippen molar-refractivity contribution in [1.82, 2.24) is 9.78 Å². The number of rotatable bonds is 5. The molecule has 0 radical (unpaired) electrons. The molecule has 0 atom stereocenters. The maximum Gasteiger partial charge on any atom is 0.346 e. The largest absolute Gasteiger partial charge is 0.477 e. The molecule has 2 aromatic rings. The van der Waals surface area contributed by atoms with Crippen LogP contribution in [0.2, 0.25) is 0 Å². The zero-order chi connectivity index (χ0) is 15.6. The fourth-order valence-corrected chi connectivity index (χ4v) is 2.99. The second kappa shape index (κ2) is 6.09. The van der Waals surface area contributed by atoms with Crippen molar-refractivity contribution in [2.75, 3.05) is 5.32 Å². The molecule has 0 bridgehead atoms. The van der Waals surface area contributed by atoms with Gasteiger partial charge < -0.3 is 10.4 Å². The van der Waals surface area contributed by atoms with Gasteiger partial charge in [0.25, 0.3) is 0 Å². The van der Waals surface area contributed by atoms with Crippen molar-refractivity contribution in [2.24, 2.45) is 0 Å². The molecule has 0 saturated heterocycles. The van der Waals surface area contributed by atoms with Gasteiger partial charge in [-0.2, -0.15) is 5.10 Å². The van der Waals surface area contributed by atoms with Crippen molar-refractivity contribution >= 4 is 28.2 Å². The van der Waals surface area contributed by atoms with Crippen molar-refractivity contribution in [1.29, 1.82) is 0 Å². The number of anilines is 1. The molecule has 2 rings (SSSR count). The van der Waals surface area contributed by atoms with Crippen molar-refractivity contribution < 1.29 is 14.7 Å². The summed E-state index contributed by atoms with van der Waals surface area (Å²) in [5.74, 6) is -1.12. The molecule has 2 N–H and O–H groups in total. The number of hydrogen-bond acceptors (Lipinski definition) is 4. The van der Waals surface area contributed by atoms with Gasteiger partial charge in [-0.1, -0.05) is 0 Å². The van der Waals surface area contributed by atoms with Gasteiger partial charge in [-0.25, -0.2) is 4.79 Å². The number of thiophene rings is 1. The van der Waals surface area contributed by atoms with Crippen LogP contribution in [0.5, 0.6) is 0 Å². The second-order valence-corrected chi connectivity index (χ2v) is 5.93. The lowest BCUT2D eigenvalue weighted by atomic mass is 10.3. The first-order chi connectivity index (χ1) is 9.86. The van der Waals surface area contributed by atoms with Crippen LogP contribution in [-0.2, 0) is 11.3 Å². The quantitative estimate of drug-likeness (QED) is 0.889. The molecule has 6 nitrogen and oxygen atoms in total. The van der Waals surface area contributed by atoms with Crippen LogP contribution in [-0.4, -0.2) is 26.8 Å². The molecule has 2 heterocycles. The number of amides is 1. The summed E-state index contributed by atoms with van der Waals surface area (Å²) in [5.41, 5.74) is 2.59. The average Bonchev–Trinajstić information content (AvgIpc) is 2.89. The van der Waals surface area contributed by atoms with Crippen molar-refractivity contribution in [3.63, 3.8) is 0 Å². The SMILES string of the molecule is Cc1cc(C)n(CCC(=O)Nc2cc(C)c(C(=O)O)s2)n1. The molecule has 0 unspecified atom stereocenters. The van der Waals surface area contributed by atoms with E-state index in [9.17, 15) is 9.59 Å². The molecule has 0 spiro atoms. The molecule has 112 valence electrons. The Labute approximate surface area is 126 Å². The predicted molar refractivity (Wildman–Crippen MR) is 81.0 cm³/mol. The van der Waals surface area contributed by atoms with Crippen LogP contribution < -0.4 is 5.32 Å². The topological polar surface area (TPSA) is 84.2 Å². The highest BCUT2D eigenvalue weighted by atomic mass is 32.1. The summed E-state index contributed by atoms with van der Waals surface area (Å²) in [6.07, 6.45) is 0.293. The standard InChI is InChI=1S/C14H17N3O3S/c1-8-6-12(21-13(8)14(19)20)15-11(18)4-5-17-10(3)7-9(2)16-17/h6-7H,4-5H2,1-3H3,(H,15,18)(H,19,20). The van der Waals surface area contributed by atoms with E-state index in [-0.39, 0.29) is 10.8 Å². The highest BCUT2D eigenvalue weighted by Crippen LogP contribution is 2.26. The molecule has 0 aliphatic rings. The second-order valence-electron chi connectivity index (χ2n) is 4.88. The van der Waals surface area contributed by atoms with Gasteiger partial charge in [0.05, 0.1) is 10.7 Å². The van der Waals surface area contributed by atoms with Crippen LogP contribution in [0.25, 0.3) is 0 Å². The third-order valence-electron chi connectivity index (χ3n) is 3.03. The maximum atomic E-state index is 11.9. The third-order valence-corrected chi connectivity index (χ3v) is 4.17. The van der Waals surface area contributed by atoms with Crippen LogP contribution in [0, 0.1) is 20.8 Å². The van der Waals surface area contributed by atoms with Crippen molar-refractivity contribution in [2.45, 2.75) is 33.7 Å². The van der Waals surface area contributed by atoms with Crippen molar-refractivity contribution in [3.8, 4) is 0 Å². The number of carbonyl (C=O) groups excluding carboxylic acids is 1. The fourth-order valence-electron chi connectivity index (χ4n) is 2.06. The van der Waals surface area contributed by atoms with Gasteiger partial charge in [0, 0.05) is 18.7 Å². The summed E-state index contributed by atoms with van der Waals surface area (Å²) in [4.78, 5) is 23.1. The van der Waals surface area contributed by atoms with E-state index in [0.29, 0.717) is 23.5 Å². The van der Waals surface area contributed by atoms with E-state index in [1.54, 1.807) is 17.7 Å². The number of nitrogens with one attached hydrogen (secondary N) is 1. The lowest BCUT2D eigenvalue weighted by Crippen LogP contribution is -2.15. The molecule has 1 amide bonds. The van der Waals surface area contributed by atoms with Gasteiger partial charge in [-0.15, -0.1) is 11.3 Å². The van der Waals surface area contributed by atoms with E-state index in [2.05, 4.69) is 10.4 Å². The number of carbonyl (C=O) groups is 2. The summed E-state index contributed by atoms with van der Waals surface area (Å²) in [6.45, 7) is 6.07. The molecule has 0 aliphatic heterocycles. The Morgan fingerprint density at radius 3 is 2.57 bits per heavy atom. The van der Waals surface area contributed by atoms with Crippen LogP contribution in [0.15, 0.2) is 12.1 Å². The minimum absolute atomic E-state index is 0.152. The Morgan fingerprint density at radius 2 is 2.05 bits per heavy atom. The molecule has 2 aromatic heterocycles. The van der Waals surface area contributed by atoms with Gasteiger partial charge in [0.2, 0.25) is 5.91 Å². The Kier molecular flexibility index (Phi) is 4.42. The third kappa shape index (κ3) is 3.69. The highest BCUT2D eigenvalue weighted by Gasteiger charge is 2.14. The molecule has 0 fully saturated rings. The minimum Gasteiger partial charge on any atom is -0.477 e. The molecule has 0 saturated carbocycles. The van der Waals surface area contributed by atoms with E-state index in [1.165, 1.54) is 0 Å². The lowest BCUT2D eigenvalue weighted by molar-refractivity contribution is -0.116. The summed E-state index contributed by atoms with van der Waals surface area (Å²) in [5, 5.41) is 16.6. The van der Waals surface area contributed by atoms with Crippen molar-refractivity contribution in [3.05, 3.63) is 34.0 Å². The minimum atomic E-state index is -0.972. The van der Waals surface area contributed by atoms with E-state index >= 15 is 0 Å². The smallest absolute Gasteiger partial charge is 0.346 e. The Balaban J connectivity index is 1.94. The van der Waals surface area contributed by atoms with E-state index in [4.69, 9.17) is 5.11 Å². The average molecular weight is 307 g/mol. The van der Waals surface area contributed by atoms with Crippen LogP contribution in [0.4, 0.5) is 5.00 Å². The van der Waals surface area contributed by atoms with Crippen LogP contribution in [0.1, 0.15) is 33.0 Å².